The summed E-state index contributed by atoms with van der Waals surface area (Å²) in [5.41, 5.74) is 1.02. The third-order valence-corrected chi connectivity index (χ3v) is 2.26. The van der Waals surface area contributed by atoms with Crippen molar-refractivity contribution in [2.45, 2.75) is 39.3 Å². The van der Waals surface area contributed by atoms with Crippen LogP contribution in [0.4, 0.5) is 10.5 Å². The summed E-state index contributed by atoms with van der Waals surface area (Å²) in [5, 5.41) is 2.75. The van der Waals surface area contributed by atoms with E-state index in [1.807, 2.05) is 39.8 Å². The van der Waals surface area contributed by atoms with Gasteiger partial charge >= 0.3 is 6.09 Å². The van der Waals surface area contributed by atoms with Crippen molar-refractivity contribution in [1.82, 2.24) is 5.32 Å². The second-order valence-corrected chi connectivity index (χ2v) is 5.07. The van der Waals surface area contributed by atoms with Crippen molar-refractivity contribution in [2.75, 3.05) is 0 Å². The summed E-state index contributed by atoms with van der Waals surface area (Å²) in [6, 6.07) is 6.97. The Kier molecular flexibility index (Phi) is 4.33. The van der Waals surface area contributed by atoms with Gasteiger partial charge in [-0.1, -0.05) is 24.3 Å². The van der Waals surface area contributed by atoms with Gasteiger partial charge in [-0.25, -0.2) is 9.64 Å². The Hall–Kier alpha value is -2.02. The number of carbonyl (C=O) groups is 1. The molecule has 18 heavy (non-hydrogen) atoms. The first-order valence-electron chi connectivity index (χ1n) is 5.79. The molecule has 0 fully saturated rings. The minimum atomic E-state index is -0.502. The first kappa shape index (κ1) is 14.0. The van der Waals surface area contributed by atoms with Crippen LogP contribution in [0.25, 0.3) is 4.85 Å². The molecule has 0 unspecified atom stereocenters. The van der Waals surface area contributed by atoms with Crippen LogP contribution < -0.4 is 5.32 Å². The van der Waals surface area contributed by atoms with E-state index in [9.17, 15) is 4.79 Å². The van der Waals surface area contributed by atoms with Crippen LogP contribution in [0.15, 0.2) is 24.3 Å². The second-order valence-electron chi connectivity index (χ2n) is 5.07. The van der Waals surface area contributed by atoms with Crippen LogP contribution in [0.3, 0.4) is 0 Å². The molecule has 4 heteroatoms. The molecule has 1 aromatic rings. The number of benzene rings is 1. The molecule has 0 aromatic heterocycles. The van der Waals surface area contributed by atoms with Gasteiger partial charge in [0.2, 0.25) is 0 Å². The Bertz CT molecular complexity index is 452. The SMILES string of the molecule is [C-]#[N+]c1ccc([C@@H](C)NC(=O)OC(C)(C)C)cc1. The zero-order valence-electron chi connectivity index (χ0n) is 11.2. The highest BCUT2D eigenvalue weighted by molar-refractivity contribution is 5.68. The van der Waals surface area contributed by atoms with Crippen LogP contribution in [0, 0.1) is 6.57 Å². The number of hydrogen-bond acceptors (Lipinski definition) is 2. The summed E-state index contributed by atoms with van der Waals surface area (Å²) in [5.74, 6) is 0. The van der Waals surface area contributed by atoms with Gasteiger partial charge in [-0.2, -0.15) is 0 Å². The number of amides is 1. The van der Waals surface area contributed by atoms with Crippen molar-refractivity contribution in [3.63, 3.8) is 0 Å². The minimum Gasteiger partial charge on any atom is -0.444 e. The lowest BCUT2D eigenvalue weighted by molar-refractivity contribution is 0.0508. The molecular formula is C14H18N2O2. The molecule has 0 aliphatic carbocycles. The fraction of sp³-hybridized carbons (Fsp3) is 0.429. The molecule has 96 valence electrons. The number of nitrogens with zero attached hydrogens (tertiary/aromatic N) is 1. The van der Waals surface area contributed by atoms with E-state index in [1.165, 1.54) is 0 Å². The number of nitrogens with one attached hydrogen (secondary N) is 1. The molecule has 1 aromatic carbocycles. The van der Waals surface area contributed by atoms with E-state index in [4.69, 9.17) is 11.3 Å². The van der Waals surface area contributed by atoms with E-state index in [2.05, 4.69) is 10.2 Å². The van der Waals surface area contributed by atoms with E-state index in [0.29, 0.717) is 5.69 Å². The van der Waals surface area contributed by atoms with Crippen LogP contribution in [0.1, 0.15) is 39.3 Å². The van der Waals surface area contributed by atoms with Crippen molar-refractivity contribution < 1.29 is 9.53 Å². The average Bonchev–Trinajstić information content (AvgIpc) is 2.26. The van der Waals surface area contributed by atoms with Crippen LogP contribution in [-0.2, 0) is 4.74 Å². The van der Waals surface area contributed by atoms with Crippen molar-refractivity contribution in [2.24, 2.45) is 0 Å². The molecule has 0 saturated carbocycles. The van der Waals surface area contributed by atoms with Crippen molar-refractivity contribution in [3.05, 3.63) is 41.2 Å². The van der Waals surface area contributed by atoms with Gasteiger partial charge in [-0.05, 0) is 33.3 Å². The molecule has 0 radical (unpaired) electrons. The molecule has 1 N–H and O–H groups in total. The van der Waals surface area contributed by atoms with E-state index < -0.39 is 11.7 Å². The quantitative estimate of drug-likeness (QED) is 0.806. The number of carbonyl (C=O) groups excluding carboxylic acids is 1. The number of rotatable bonds is 2. The Labute approximate surface area is 108 Å². The first-order valence-corrected chi connectivity index (χ1v) is 5.79. The predicted octanol–water partition coefficient (Wildman–Crippen LogP) is 3.82. The smallest absolute Gasteiger partial charge is 0.408 e. The van der Waals surface area contributed by atoms with Gasteiger partial charge in [0.05, 0.1) is 12.6 Å². The van der Waals surface area contributed by atoms with Crippen molar-refractivity contribution in [3.8, 4) is 0 Å². The Balaban J connectivity index is 2.62. The summed E-state index contributed by atoms with van der Waals surface area (Å²) < 4.78 is 5.18. The molecular weight excluding hydrogens is 228 g/mol. The monoisotopic (exact) mass is 246 g/mol. The molecule has 0 saturated heterocycles. The lowest BCUT2D eigenvalue weighted by atomic mass is 10.1. The third kappa shape index (κ3) is 4.46. The highest BCUT2D eigenvalue weighted by Gasteiger charge is 2.18. The molecule has 0 heterocycles. The second kappa shape index (κ2) is 5.54. The van der Waals surface area contributed by atoms with E-state index in [-0.39, 0.29) is 6.04 Å². The fourth-order valence-electron chi connectivity index (χ4n) is 1.41. The Morgan fingerprint density at radius 2 is 1.89 bits per heavy atom. The molecule has 0 spiro atoms. The van der Waals surface area contributed by atoms with Crippen LogP contribution in [0.2, 0.25) is 0 Å². The van der Waals surface area contributed by atoms with Gasteiger partial charge in [0, 0.05) is 0 Å². The maximum absolute atomic E-state index is 11.6. The summed E-state index contributed by atoms with van der Waals surface area (Å²) in [7, 11) is 0. The number of alkyl carbamates (subject to hydrolysis) is 1. The van der Waals surface area contributed by atoms with E-state index in [1.54, 1.807) is 12.1 Å². The van der Waals surface area contributed by atoms with E-state index >= 15 is 0 Å². The van der Waals surface area contributed by atoms with Crippen LogP contribution >= 0.6 is 0 Å². The topological polar surface area (TPSA) is 42.7 Å². The number of ether oxygens (including phenoxy) is 1. The Morgan fingerprint density at radius 3 is 2.33 bits per heavy atom. The summed E-state index contributed by atoms with van der Waals surface area (Å²) in [6.45, 7) is 14.2. The lowest BCUT2D eigenvalue weighted by Gasteiger charge is -2.22. The molecule has 1 amide bonds. The van der Waals surface area contributed by atoms with Crippen LogP contribution in [0.5, 0.6) is 0 Å². The highest BCUT2D eigenvalue weighted by Crippen LogP contribution is 2.18. The third-order valence-electron chi connectivity index (χ3n) is 2.26. The normalized spacial score (nSPS) is 12.4. The minimum absolute atomic E-state index is 0.153. The molecule has 1 atom stereocenters. The fourth-order valence-corrected chi connectivity index (χ4v) is 1.41. The highest BCUT2D eigenvalue weighted by atomic mass is 16.6. The average molecular weight is 246 g/mol. The van der Waals surface area contributed by atoms with E-state index in [0.717, 1.165) is 5.56 Å². The predicted molar refractivity (Wildman–Crippen MR) is 70.5 cm³/mol. The first-order chi connectivity index (χ1) is 8.31. The van der Waals surface area contributed by atoms with Gasteiger partial charge in [0.15, 0.2) is 5.69 Å². The molecule has 4 nitrogen and oxygen atoms in total. The van der Waals surface area contributed by atoms with Crippen molar-refractivity contribution >= 4 is 11.8 Å². The molecule has 0 aliphatic rings. The molecule has 1 rings (SSSR count). The van der Waals surface area contributed by atoms with Crippen molar-refractivity contribution in [1.29, 1.82) is 0 Å². The molecule has 0 bridgehead atoms. The van der Waals surface area contributed by atoms with Gasteiger partial charge in [0.1, 0.15) is 5.60 Å². The van der Waals surface area contributed by atoms with Gasteiger partial charge in [0.25, 0.3) is 0 Å². The van der Waals surface area contributed by atoms with Crippen LogP contribution in [-0.4, -0.2) is 11.7 Å². The van der Waals surface area contributed by atoms with Gasteiger partial charge in [-0.3, -0.25) is 0 Å². The lowest BCUT2D eigenvalue weighted by Crippen LogP contribution is -2.33. The Morgan fingerprint density at radius 1 is 1.33 bits per heavy atom. The number of hydrogen-bond donors (Lipinski definition) is 1. The van der Waals surface area contributed by atoms with Gasteiger partial charge < -0.3 is 10.1 Å². The van der Waals surface area contributed by atoms with Gasteiger partial charge in [-0.15, -0.1) is 0 Å². The molecule has 0 aliphatic heterocycles. The maximum atomic E-state index is 11.6. The zero-order chi connectivity index (χ0) is 13.8. The standard InChI is InChI=1S/C14H18N2O2/c1-10(16-13(17)18-14(2,3)4)11-6-8-12(15-5)9-7-11/h6-10H,1-4H3,(H,16,17)/t10-/m1/s1. The maximum Gasteiger partial charge on any atom is 0.408 e. The summed E-state index contributed by atoms with van der Waals surface area (Å²) in [4.78, 5) is 14.9. The zero-order valence-corrected chi connectivity index (χ0v) is 11.2. The summed E-state index contributed by atoms with van der Waals surface area (Å²) >= 11 is 0. The summed E-state index contributed by atoms with van der Waals surface area (Å²) in [6.07, 6.45) is -0.441. The largest absolute Gasteiger partial charge is 0.444 e.